The summed E-state index contributed by atoms with van der Waals surface area (Å²) in [6.07, 6.45) is 2.49. The molecule has 3 heteroatoms. The molecule has 1 aliphatic heterocycles. The number of nitrogens with two attached hydrogens (primary N) is 1. The van der Waals surface area contributed by atoms with Gasteiger partial charge in [0.2, 0.25) is 0 Å². The molecule has 0 aromatic heterocycles. The van der Waals surface area contributed by atoms with Gasteiger partial charge >= 0.3 is 0 Å². The fraction of sp³-hybridized carbons (Fsp3) is 0.625. The highest BCUT2D eigenvalue weighted by Crippen LogP contribution is 2.28. The molecule has 2 rings (SSSR count). The number of nitrogens with zero attached hydrogens (tertiary/aromatic N) is 1. The highest BCUT2D eigenvalue weighted by molar-refractivity contribution is 5.19. The van der Waals surface area contributed by atoms with E-state index in [2.05, 4.69) is 42.2 Å². The van der Waals surface area contributed by atoms with Crippen molar-refractivity contribution in [1.82, 2.24) is 4.90 Å². The van der Waals surface area contributed by atoms with Crippen LogP contribution in [0, 0.1) is 5.92 Å². The molecule has 3 unspecified atom stereocenters. The Labute approximate surface area is 116 Å². The summed E-state index contributed by atoms with van der Waals surface area (Å²) in [4.78, 5) is 2.54. The Balaban J connectivity index is 2.10. The summed E-state index contributed by atoms with van der Waals surface area (Å²) in [6.45, 7) is 5.10. The molecule has 2 N–H and O–H groups in total. The van der Waals surface area contributed by atoms with Crippen molar-refractivity contribution in [2.75, 3.05) is 26.8 Å². The second kappa shape index (κ2) is 7.04. The van der Waals surface area contributed by atoms with E-state index in [0.717, 1.165) is 19.7 Å². The van der Waals surface area contributed by atoms with Gasteiger partial charge in [-0.1, -0.05) is 30.3 Å². The number of hydrogen-bond acceptors (Lipinski definition) is 3. The van der Waals surface area contributed by atoms with Crippen molar-refractivity contribution >= 4 is 0 Å². The first kappa shape index (κ1) is 14.5. The van der Waals surface area contributed by atoms with Crippen LogP contribution in [0.1, 0.15) is 31.4 Å². The Morgan fingerprint density at radius 1 is 1.37 bits per heavy atom. The van der Waals surface area contributed by atoms with Gasteiger partial charge in [0.15, 0.2) is 0 Å². The van der Waals surface area contributed by atoms with E-state index in [1.807, 2.05) is 0 Å². The van der Waals surface area contributed by atoms with E-state index in [1.165, 1.54) is 18.4 Å². The molecular weight excluding hydrogens is 236 g/mol. The molecule has 3 nitrogen and oxygen atoms in total. The average molecular weight is 262 g/mol. The normalized spacial score (nSPS) is 24.1. The zero-order chi connectivity index (χ0) is 13.7. The van der Waals surface area contributed by atoms with Crippen LogP contribution < -0.4 is 5.73 Å². The van der Waals surface area contributed by atoms with Crippen molar-refractivity contribution in [3.8, 4) is 0 Å². The third-order valence-corrected chi connectivity index (χ3v) is 4.18. The smallest absolute Gasteiger partial charge is 0.0659 e. The van der Waals surface area contributed by atoms with E-state index in [1.54, 1.807) is 7.11 Å². The number of benzene rings is 1. The number of methoxy groups -OCH3 is 1. The Hall–Kier alpha value is -0.900. The van der Waals surface area contributed by atoms with Crippen LogP contribution in [-0.4, -0.2) is 37.7 Å². The minimum Gasteiger partial charge on any atom is -0.383 e. The van der Waals surface area contributed by atoms with Crippen LogP contribution in [0.3, 0.4) is 0 Å². The predicted octanol–water partition coefficient (Wildman–Crippen LogP) is 2.43. The maximum atomic E-state index is 6.08. The lowest BCUT2D eigenvalue weighted by Gasteiger charge is -2.39. The van der Waals surface area contributed by atoms with E-state index in [9.17, 15) is 0 Å². The molecule has 0 amide bonds. The van der Waals surface area contributed by atoms with Crippen molar-refractivity contribution in [3.63, 3.8) is 0 Å². The first-order chi connectivity index (χ1) is 9.22. The van der Waals surface area contributed by atoms with Gasteiger partial charge in [-0.3, -0.25) is 4.90 Å². The van der Waals surface area contributed by atoms with Crippen LogP contribution >= 0.6 is 0 Å². The molecule has 0 saturated carbocycles. The molecule has 0 spiro atoms. The van der Waals surface area contributed by atoms with Crippen LogP contribution in [0.4, 0.5) is 0 Å². The Morgan fingerprint density at radius 2 is 2.11 bits per heavy atom. The van der Waals surface area contributed by atoms with Crippen molar-refractivity contribution in [3.05, 3.63) is 35.9 Å². The molecule has 1 saturated heterocycles. The lowest BCUT2D eigenvalue weighted by atomic mass is 9.90. The third kappa shape index (κ3) is 3.78. The van der Waals surface area contributed by atoms with E-state index in [-0.39, 0.29) is 6.04 Å². The van der Waals surface area contributed by atoms with Crippen molar-refractivity contribution in [2.24, 2.45) is 11.7 Å². The fourth-order valence-electron chi connectivity index (χ4n) is 3.00. The number of piperidine rings is 1. The van der Waals surface area contributed by atoms with Crippen LogP contribution in [0.2, 0.25) is 0 Å². The number of likely N-dealkylation sites (tertiary alicyclic amines) is 1. The molecule has 1 aromatic carbocycles. The van der Waals surface area contributed by atoms with Crippen LogP contribution in [0.25, 0.3) is 0 Å². The van der Waals surface area contributed by atoms with Gasteiger partial charge < -0.3 is 10.5 Å². The van der Waals surface area contributed by atoms with Crippen LogP contribution in [-0.2, 0) is 4.74 Å². The van der Waals surface area contributed by atoms with Crippen LogP contribution in [0.5, 0.6) is 0 Å². The summed E-state index contributed by atoms with van der Waals surface area (Å²) in [5, 5.41) is 0. The molecule has 1 fully saturated rings. The zero-order valence-electron chi connectivity index (χ0n) is 12.1. The second-order valence-corrected chi connectivity index (χ2v) is 5.64. The van der Waals surface area contributed by atoms with Gasteiger partial charge in [0, 0.05) is 19.7 Å². The monoisotopic (exact) mass is 262 g/mol. The lowest BCUT2D eigenvalue weighted by molar-refractivity contribution is 0.0548. The lowest BCUT2D eigenvalue weighted by Crippen LogP contribution is -2.44. The Kier molecular flexibility index (Phi) is 5.37. The minimum atomic E-state index is 0.279. The molecule has 106 valence electrons. The minimum absolute atomic E-state index is 0.279. The van der Waals surface area contributed by atoms with Gasteiger partial charge in [0.05, 0.1) is 12.6 Å². The molecular formula is C16H26N2O. The molecule has 1 aliphatic rings. The Morgan fingerprint density at radius 3 is 2.74 bits per heavy atom. The summed E-state index contributed by atoms with van der Waals surface area (Å²) in [6, 6.07) is 11.3. The first-order valence-corrected chi connectivity index (χ1v) is 7.26. The topological polar surface area (TPSA) is 38.5 Å². The predicted molar refractivity (Wildman–Crippen MR) is 79.0 cm³/mol. The standard InChI is InChI=1S/C16H26N2O/c1-13(17)15-9-6-10-18(11-15)16(12-19-2)14-7-4-3-5-8-14/h3-5,7-8,13,15-16H,6,9-12,17H2,1-2H3. The summed E-state index contributed by atoms with van der Waals surface area (Å²) >= 11 is 0. The van der Waals surface area contributed by atoms with E-state index < -0.39 is 0 Å². The van der Waals surface area contributed by atoms with Crippen molar-refractivity contribution < 1.29 is 4.74 Å². The van der Waals surface area contributed by atoms with E-state index in [4.69, 9.17) is 10.5 Å². The highest BCUT2D eigenvalue weighted by atomic mass is 16.5. The fourth-order valence-corrected chi connectivity index (χ4v) is 3.00. The Bertz CT molecular complexity index is 366. The maximum absolute atomic E-state index is 6.08. The SMILES string of the molecule is COCC(c1ccccc1)N1CCCC(C(C)N)C1. The number of rotatable bonds is 5. The molecule has 1 aromatic rings. The van der Waals surface area contributed by atoms with E-state index in [0.29, 0.717) is 12.0 Å². The molecule has 1 heterocycles. The van der Waals surface area contributed by atoms with Crippen LogP contribution in [0.15, 0.2) is 30.3 Å². The molecule has 19 heavy (non-hydrogen) atoms. The zero-order valence-corrected chi connectivity index (χ0v) is 12.1. The molecule has 0 aliphatic carbocycles. The number of ether oxygens (including phenoxy) is 1. The van der Waals surface area contributed by atoms with Gasteiger partial charge in [0.25, 0.3) is 0 Å². The van der Waals surface area contributed by atoms with Crippen molar-refractivity contribution in [2.45, 2.75) is 31.8 Å². The second-order valence-electron chi connectivity index (χ2n) is 5.64. The highest BCUT2D eigenvalue weighted by Gasteiger charge is 2.28. The van der Waals surface area contributed by atoms with Gasteiger partial charge in [0.1, 0.15) is 0 Å². The summed E-state index contributed by atoms with van der Waals surface area (Å²) in [7, 11) is 1.78. The molecule has 0 radical (unpaired) electrons. The van der Waals surface area contributed by atoms with Gasteiger partial charge in [-0.25, -0.2) is 0 Å². The van der Waals surface area contributed by atoms with Gasteiger partial charge in [-0.15, -0.1) is 0 Å². The summed E-state index contributed by atoms with van der Waals surface area (Å²) in [5.41, 5.74) is 7.43. The molecule has 0 bridgehead atoms. The van der Waals surface area contributed by atoms with Gasteiger partial charge in [-0.05, 0) is 37.8 Å². The maximum Gasteiger partial charge on any atom is 0.0659 e. The van der Waals surface area contributed by atoms with Crippen molar-refractivity contribution in [1.29, 1.82) is 0 Å². The quantitative estimate of drug-likeness (QED) is 0.885. The summed E-state index contributed by atoms with van der Waals surface area (Å²) in [5.74, 6) is 0.608. The third-order valence-electron chi connectivity index (χ3n) is 4.18. The van der Waals surface area contributed by atoms with Gasteiger partial charge in [-0.2, -0.15) is 0 Å². The number of hydrogen-bond donors (Lipinski definition) is 1. The van der Waals surface area contributed by atoms with E-state index >= 15 is 0 Å². The largest absolute Gasteiger partial charge is 0.383 e. The summed E-state index contributed by atoms with van der Waals surface area (Å²) < 4.78 is 5.43. The first-order valence-electron chi connectivity index (χ1n) is 7.26. The molecule has 3 atom stereocenters. The average Bonchev–Trinajstić information content (AvgIpc) is 2.46.